The number of ether oxygens (including phenoxy) is 2. The summed E-state index contributed by atoms with van der Waals surface area (Å²) in [5, 5.41) is 9.67. The monoisotopic (exact) mass is 477 g/mol. The van der Waals surface area contributed by atoms with Gasteiger partial charge in [-0.1, -0.05) is 13.0 Å². The van der Waals surface area contributed by atoms with Gasteiger partial charge in [0.2, 0.25) is 0 Å². The van der Waals surface area contributed by atoms with Crippen molar-refractivity contribution >= 4 is 5.78 Å². The van der Waals surface area contributed by atoms with Gasteiger partial charge in [-0.2, -0.15) is 13.2 Å². The zero-order chi connectivity index (χ0) is 24.7. The van der Waals surface area contributed by atoms with Crippen molar-refractivity contribution in [1.29, 1.82) is 0 Å². The van der Waals surface area contributed by atoms with Gasteiger partial charge in [-0.05, 0) is 66.6 Å². The Morgan fingerprint density at radius 2 is 1.71 bits per heavy atom. The molecule has 1 heterocycles. The molecule has 0 bridgehead atoms. The lowest BCUT2D eigenvalue weighted by Crippen LogP contribution is -2.47. The van der Waals surface area contributed by atoms with Crippen molar-refractivity contribution in [2.45, 2.75) is 44.9 Å². The summed E-state index contributed by atoms with van der Waals surface area (Å²) in [6.45, 7) is 4.55. The van der Waals surface area contributed by atoms with Crippen LogP contribution in [0.25, 0.3) is 11.1 Å². The lowest BCUT2D eigenvalue weighted by molar-refractivity contribution is -0.136. The van der Waals surface area contributed by atoms with Crippen LogP contribution in [0.15, 0.2) is 30.3 Å². The van der Waals surface area contributed by atoms with Crippen molar-refractivity contribution < 1.29 is 32.5 Å². The number of likely N-dealkylation sites (tertiary alicyclic amines) is 1. The number of carbonyl (C=O) groups excluding carboxylic acids is 1. The summed E-state index contributed by atoms with van der Waals surface area (Å²) >= 11 is 0. The molecule has 5 nitrogen and oxygen atoms in total. The Labute approximate surface area is 197 Å². The maximum absolute atomic E-state index is 13.2. The number of ketones is 1. The van der Waals surface area contributed by atoms with Crippen LogP contribution in [-0.2, 0) is 12.6 Å². The first-order chi connectivity index (χ1) is 16.1. The number of carbonyl (C=O) groups is 1. The molecule has 1 aromatic rings. The van der Waals surface area contributed by atoms with Gasteiger partial charge < -0.3 is 19.5 Å². The largest absolute Gasteiger partial charge is 0.493 e. The molecule has 1 fully saturated rings. The van der Waals surface area contributed by atoms with Gasteiger partial charge >= 0.3 is 6.18 Å². The van der Waals surface area contributed by atoms with Crippen molar-refractivity contribution in [3.05, 3.63) is 47.0 Å². The number of rotatable bonds is 4. The van der Waals surface area contributed by atoms with Gasteiger partial charge in [0.25, 0.3) is 0 Å². The van der Waals surface area contributed by atoms with Crippen LogP contribution in [0.4, 0.5) is 13.2 Å². The minimum atomic E-state index is -4.17. The highest BCUT2D eigenvalue weighted by Crippen LogP contribution is 2.46. The summed E-state index contributed by atoms with van der Waals surface area (Å²) in [5.74, 6) is 1.48. The summed E-state index contributed by atoms with van der Waals surface area (Å²) in [6, 6.07) is 7.89. The van der Waals surface area contributed by atoms with E-state index in [1.54, 1.807) is 14.2 Å². The third-order valence-corrected chi connectivity index (χ3v) is 7.03. The summed E-state index contributed by atoms with van der Waals surface area (Å²) in [4.78, 5) is 15.5. The second-order valence-corrected chi connectivity index (χ2v) is 9.52. The van der Waals surface area contributed by atoms with Gasteiger partial charge in [0.1, 0.15) is 0 Å². The van der Waals surface area contributed by atoms with E-state index in [-0.39, 0.29) is 17.3 Å². The van der Waals surface area contributed by atoms with E-state index in [2.05, 4.69) is 11.8 Å². The summed E-state index contributed by atoms with van der Waals surface area (Å²) < 4.78 is 46.4. The lowest BCUT2D eigenvalue weighted by atomic mass is 9.71. The second kappa shape index (κ2) is 9.23. The third-order valence-electron chi connectivity index (χ3n) is 7.03. The summed E-state index contributed by atoms with van der Waals surface area (Å²) in [5.41, 5.74) is 2.03. The Bertz CT molecular complexity index is 1080. The van der Waals surface area contributed by atoms with E-state index < -0.39 is 11.7 Å². The van der Waals surface area contributed by atoms with Gasteiger partial charge in [0, 0.05) is 30.6 Å². The van der Waals surface area contributed by atoms with Crippen molar-refractivity contribution in [3.8, 4) is 22.6 Å². The highest BCUT2D eigenvalue weighted by Gasteiger charge is 2.41. The molecule has 3 aliphatic carbocycles. The number of aryl methyl sites for hydroxylation is 1. The van der Waals surface area contributed by atoms with Crippen LogP contribution in [0.5, 0.6) is 11.5 Å². The molecule has 0 radical (unpaired) electrons. The lowest BCUT2D eigenvalue weighted by Gasteiger charge is -2.40. The molecular formula is C26H30F3NO4. The summed E-state index contributed by atoms with van der Waals surface area (Å²) in [6.07, 6.45) is -1.05. The minimum Gasteiger partial charge on any atom is -0.493 e. The number of halogens is 3. The molecule has 34 heavy (non-hydrogen) atoms. The average molecular weight is 478 g/mol. The Balaban J connectivity index is 0.000000226. The molecule has 1 aliphatic heterocycles. The fraction of sp³-hybridized carbons (Fsp3) is 0.500. The molecular weight excluding hydrogens is 447 g/mol. The molecule has 0 amide bonds. The molecule has 0 aromatic heterocycles. The number of Topliss-reactive ketones (excluding diaryl/α,β-unsaturated/α-hetero) is 1. The summed E-state index contributed by atoms with van der Waals surface area (Å²) in [7, 11) is 3.21. The minimum absolute atomic E-state index is 0.187. The van der Waals surface area contributed by atoms with E-state index in [1.807, 2.05) is 12.1 Å². The molecule has 1 N–H and O–H groups in total. The predicted molar refractivity (Wildman–Crippen MR) is 122 cm³/mol. The molecule has 184 valence electrons. The zero-order valence-corrected chi connectivity index (χ0v) is 19.7. The molecule has 1 saturated heterocycles. The fourth-order valence-corrected chi connectivity index (χ4v) is 4.91. The molecule has 1 atom stereocenters. The van der Waals surface area contributed by atoms with Crippen molar-refractivity contribution in [1.82, 2.24) is 4.90 Å². The molecule has 5 rings (SSSR count). The van der Waals surface area contributed by atoms with Crippen molar-refractivity contribution in [3.63, 3.8) is 0 Å². The zero-order valence-electron chi connectivity index (χ0n) is 19.7. The number of aliphatic hydroxyl groups is 1. The average Bonchev–Trinajstić information content (AvgIpc) is 3.44. The first-order valence-corrected chi connectivity index (χ1v) is 11.5. The first-order valence-electron chi connectivity index (χ1n) is 11.5. The number of piperidine rings is 1. The Hall–Kier alpha value is -2.58. The normalized spacial score (nSPS) is 21.9. The van der Waals surface area contributed by atoms with Crippen LogP contribution in [-0.4, -0.2) is 55.7 Å². The van der Waals surface area contributed by atoms with Gasteiger partial charge in [0.15, 0.2) is 17.3 Å². The van der Waals surface area contributed by atoms with Gasteiger partial charge in [-0.15, -0.1) is 0 Å². The first kappa shape index (κ1) is 24.5. The molecule has 0 spiro atoms. The Morgan fingerprint density at radius 1 is 1.06 bits per heavy atom. The molecule has 4 aliphatic rings. The van der Waals surface area contributed by atoms with Gasteiger partial charge in [-0.25, -0.2) is 0 Å². The third kappa shape index (κ3) is 4.93. The van der Waals surface area contributed by atoms with E-state index in [0.29, 0.717) is 17.1 Å². The molecule has 1 unspecified atom stereocenters. The molecule has 0 saturated carbocycles. The number of benzene rings is 2. The predicted octanol–water partition coefficient (Wildman–Crippen LogP) is 4.98. The van der Waals surface area contributed by atoms with Crippen molar-refractivity contribution in [2.24, 2.45) is 5.41 Å². The van der Waals surface area contributed by atoms with E-state index >= 15 is 0 Å². The van der Waals surface area contributed by atoms with Gasteiger partial charge in [-0.3, -0.25) is 4.79 Å². The number of aliphatic hydroxyl groups excluding tert-OH is 1. The molecule has 1 aromatic carbocycles. The van der Waals surface area contributed by atoms with Crippen LogP contribution in [0.2, 0.25) is 0 Å². The van der Waals surface area contributed by atoms with Crippen LogP contribution in [0.1, 0.15) is 47.7 Å². The topological polar surface area (TPSA) is 59.0 Å². The van der Waals surface area contributed by atoms with Crippen LogP contribution < -0.4 is 9.47 Å². The van der Waals surface area contributed by atoms with Crippen LogP contribution in [0.3, 0.4) is 0 Å². The van der Waals surface area contributed by atoms with E-state index in [9.17, 15) is 23.1 Å². The van der Waals surface area contributed by atoms with Crippen LogP contribution >= 0.6 is 0 Å². The smallest absolute Gasteiger partial charge is 0.417 e. The highest BCUT2D eigenvalue weighted by atomic mass is 19.4. The van der Waals surface area contributed by atoms with Gasteiger partial charge in [0.05, 0.1) is 25.9 Å². The highest BCUT2D eigenvalue weighted by molar-refractivity contribution is 6.03. The number of hydrogen-bond acceptors (Lipinski definition) is 5. The number of nitrogens with zero attached hydrogens (tertiary/aromatic N) is 1. The quantitative estimate of drug-likeness (QED) is 0.574. The second-order valence-electron chi connectivity index (χ2n) is 9.52. The standard InChI is InChI=1S/C19H27NO4.C7H3F3/c1-19(12-20-8-5-14(21)6-9-20)7-4-13-10-16(23-2)17(24-3)11-15(13)18(19)22;8-7(9,10)6-2-1-4-3-5(4)6/h10-11,14,21H,4-9,12H2,1-3H3;1-3H. The molecule has 8 heteroatoms. The van der Waals surface area contributed by atoms with E-state index in [1.165, 1.54) is 12.1 Å². The van der Waals surface area contributed by atoms with Crippen LogP contribution in [0, 0.1) is 5.41 Å². The van der Waals surface area contributed by atoms with E-state index in [4.69, 9.17) is 9.47 Å². The number of methoxy groups -OCH3 is 2. The SMILES string of the molecule is COc1cc2c(cc1OC)C(=O)C(C)(CN1CCC(O)CC1)CC2.FC(F)(F)c1ccc2cc1-2. The van der Waals surface area contributed by atoms with Crippen molar-refractivity contribution in [2.75, 3.05) is 33.9 Å². The number of fused-ring (bicyclic) bond motifs is 2. The Kier molecular flexibility index (Phi) is 6.66. The van der Waals surface area contributed by atoms with E-state index in [0.717, 1.165) is 68.1 Å². The number of hydrogen-bond donors (Lipinski definition) is 1. The fourth-order valence-electron chi connectivity index (χ4n) is 4.91. The Morgan fingerprint density at radius 3 is 2.21 bits per heavy atom. The maximum atomic E-state index is 13.2. The number of alkyl halides is 3. The maximum Gasteiger partial charge on any atom is 0.417 e.